The molecule has 112 valence electrons. The number of hydrogen-bond acceptors (Lipinski definition) is 3. The van der Waals surface area contributed by atoms with E-state index in [1.54, 1.807) is 14.2 Å². The standard InChI is InChI=1S/C18H23NO2/c1-19-10-9-18(14-7-5-4-6-8-14)15-11-16(20-2)13-17(12-15)21-3/h4-8,11-13,18-19H,9-10H2,1-3H3. The van der Waals surface area contributed by atoms with Crippen LogP contribution in [0.3, 0.4) is 0 Å². The third-order valence-corrected chi connectivity index (χ3v) is 3.66. The lowest BCUT2D eigenvalue weighted by atomic mass is 9.88. The summed E-state index contributed by atoms with van der Waals surface area (Å²) in [5.41, 5.74) is 2.52. The maximum atomic E-state index is 5.39. The molecule has 1 N–H and O–H groups in total. The van der Waals surface area contributed by atoms with Gasteiger partial charge in [0.05, 0.1) is 14.2 Å². The monoisotopic (exact) mass is 285 g/mol. The van der Waals surface area contributed by atoms with E-state index in [-0.39, 0.29) is 0 Å². The van der Waals surface area contributed by atoms with Gasteiger partial charge < -0.3 is 14.8 Å². The fourth-order valence-corrected chi connectivity index (χ4v) is 2.53. The van der Waals surface area contributed by atoms with Gasteiger partial charge in [-0.3, -0.25) is 0 Å². The second-order valence-electron chi connectivity index (χ2n) is 5.00. The number of nitrogens with one attached hydrogen (secondary N) is 1. The van der Waals surface area contributed by atoms with E-state index in [1.165, 1.54) is 11.1 Å². The summed E-state index contributed by atoms with van der Waals surface area (Å²) < 4.78 is 10.8. The molecule has 21 heavy (non-hydrogen) atoms. The largest absolute Gasteiger partial charge is 0.497 e. The Balaban J connectivity index is 2.40. The molecular formula is C18H23NO2. The van der Waals surface area contributed by atoms with Gasteiger partial charge in [-0.1, -0.05) is 30.3 Å². The number of ether oxygens (including phenoxy) is 2. The lowest BCUT2D eigenvalue weighted by Crippen LogP contribution is -2.13. The van der Waals surface area contributed by atoms with Crippen LogP contribution < -0.4 is 14.8 Å². The Bertz CT molecular complexity index is 532. The lowest BCUT2D eigenvalue weighted by molar-refractivity contribution is 0.393. The van der Waals surface area contributed by atoms with Crippen LogP contribution in [0.4, 0.5) is 0 Å². The summed E-state index contributed by atoms with van der Waals surface area (Å²) in [6, 6.07) is 16.6. The van der Waals surface area contributed by atoms with E-state index < -0.39 is 0 Å². The molecule has 0 bridgehead atoms. The van der Waals surface area contributed by atoms with Crippen LogP contribution >= 0.6 is 0 Å². The highest BCUT2D eigenvalue weighted by Crippen LogP contribution is 2.33. The molecule has 2 rings (SSSR count). The first-order chi connectivity index (χ1) is 10.3. The van der Waals surface area contributed by atoms with Crippen LogP contribution in [-0.2, 0) is 0 Å². The van der Waals surface area contributed by atoms with Gasteiger partial charge in [-0.05, 0) is 43.3 Å². The van der Waals surface area contributed by atoms with Crippen LogP contribution in [-0.4, -0.2) is 27.8 Å². The topological polar surface area (TPSA) is 30.5 Å². The van der Waals surface area contributed by atoms with Gasteiger partial charge in [-0.25, -0.2) is 0 Å². The maximum absolute atomic E-state index is 5.39. The molecule has 3 nitrogen and oxygen atoms in total. The summed E-state index contributed by atoms with van der Waals surface area (Å²) in [5.74, 6) is 1.98. The molecule has 0 aromatic heterocycles. The minimum Gasteiger partial charge on any atom is -0.497 e. The molecule has 1 atom stereocenters. The SMILES string of the molecule is CNCCC(c1ccccc1)c1cc(OC)cc(OC)c1. The molecule has 2 aromatic carbocycles. The van der Waals surface area contributed by atoms with Gasteiger partial charge in [0.15, 0.2) is 0 Å². The minimum absolute atomic E-state index is 0.322. The van der Waals surface area contributed by atoms with E-state index >= 15 is 0 Å². The summed E-state index contributed by atoms with van der Waals surface area (Å²) in [7, 11) is 5.35. The van der Waals surface area contributed by atoms with Crippen molar-refractivity contribution in [2.24, 2.45) is 0 Å². The van der Waals surface area contributed by atoms with Gasteiger partial charge in [-0.15, -0.1) is 0 Å². The summed E-state index contributed by atoms with van der Waals surface area (Å²) in [6.07, 6.45) is 1.02. The average molecular weight is 285 g/mol. The zero-order valence-electron chi connectivity index (χ0n) is 12.9. The Morgan fingerprint density at radius 3 is 2.05 bits per heavy atom. The van der Waals surface area contributed by atoms with E-state index in [0.717, 1.165) is 24.5 Å². The van der Waals surface area contributed by atoms with Crippen molar-refractivity contribution >= 4 is 0 Å². The summed E-state index contributed by atoms with van der Waals surface area (Å²) >= 11 is 0. The highest BCUT2D eigenvalue weighted by atomic mass is 16.5. The van der Waals surface area contributed by atoms with Gasteiger partial charge in [0.1, 0.15) is 11.5 Å². The van der Waals surface area contributed by atoms with Crippen molar-refractivity contribution < 1.29 is 9.47 Å². The van der Waals surface area contributed by atoms with Gasteiger partial charge in [0.2, 0.25) is 0 Å². The van der Waals surface area contributed by atoms with Crippen LogP contribution in [0.25, 0.3) is 0 Å². The number of hydrogen-bond donors (Lipinski definition) is 1. The van der Waals surface area contributed by atoms with Crippen LogP contribution in [0.5, 0.6) is 11.5 Å². The molecule has 1 unspecified atom stereocenters. The van der Waals surface area contributed by atoms with Crippen molar-refractivity contribution in [3.8, 4) is 11.5 Å². The predicted molar refractivity (Wildman–Crippen MR) is 86.4 cm³/mol. The van der Waals surface area contributed by atoms with Crippen LogP contribution in [0.2, 0.25) is 0 Å². The summed E-state index contributed by atoms with van der Waals surface area (Å²) in [5, 5.41) is 3.23. The number of methoxy groups -OCH3 is 2. The van der Waals surface area contributed by atoms with E-state index in [9.17, 15) is 0 Å². The molecule has 0 aliphatic rings. The molecule has 0 aliphatic heterocycles. The molecule has 0 saturated carbocycles. The van der Waals surface area contributed by atoms with Gasteiger partial charge in [-0.2, -0.15) is 0 Å². The second-order valence-corrected chi connectivity index (χ2v) is 5.00. The zero-order valence-corrected chi connectivity index (χ0v) is 12.9. The highest BCUT2D eigenvalue weighted by Gasteiger charge is 2.15. The van der Waals surface area contributed by atoms with Crippen molar-refractivity contribution in [3.05, 3.63) is 59.7 Å². The van der Waals surface area contributed by atoms with E-state index in [2.05, 4.69) is 41.7 Å². The molecule has 3 heteroatoms. The van der Waals surface area contributed by atoms with Crippen molar-refractivity contribution in [2.45, 2.75) is 12.3 Å². The minimum atomic E-state index is 0.322. The Morgan fingerprint density at radius 1 is 0.905 bits per heavy atom. The number of rotatable bonds is 7. The average Bonchev–Trinajstić information content (AvgIpc) is 2.55. The zero-order chi connectivity index (χ0) is 15.1. The predicted octanol–water partition coefficient (Wildman–Crippen LogP) is 3.45. The Labute approximate surface area is 126 Å². The summed E-state index contributed by atoms with van der Waals surface area (Å²) in [4.78, 5) is 0. The highest BCUT2D eigenvalue weighted by molar-refractivity contribution is 5.43. The molecule has 0 heterocycles. The molecule has 0 spiro atoms. The first kappa shape index (κ1) is 15.4. The quantitative estimate of drug-likeness (QED) is 0.845. The van der Waals surface area contributed by atoms with Crippen LogP contribution in [0.1, 0.15) is 23.5 Å². The van der Waals surface area contributed by atoms with E-state index in [0.29, 0.717) is 5.92 Å². The van der Waals surface area contributed by atoms with Gasteiger partial charge in [0.25, 0.3) is 0 Å². The first-order valence-corrected chi connectivity index (χ1v) is 7.21. The third kappa shape index (κ3) is 3.99. The third-order valence-electron chi connectivity index (χ3n) is 3.66. The fraction of sp³-hybridized carbons (Fsp3) is 0.333. The van der Waals surface area contributed by atoms with Crippen molar-refractivity contribution in [1.29, 1.82) is 0 Å². The van der Waals surface area contributed by atoms with Crippen molar-refractivity contribution in [2.75, 3.05) is 27.8 Å². The smallest absolute Gasteiger partial charge is 0.122 e. The molecule has 0 amide bonds. The van der Waals surface area contributed by atoms with Crippen molar-refractivity contribution in [1.82, 2.24) is 5.32 Å². The first-order valence-electron chi connectivity index (χ1n) is 7.21. The van der Waals surface area contributed by atoms with Gasteiger partial charge in [0, 0.05) is 12.0 Å². The molecule has 0 radical (unpaired) electrons. The van der Waals surface area contributed by atoms with Crippen molar-refractivity contribution in [3.63, 3.8) is 0 Å². The van der Waals surface area contributed by atoms with E-state index in [1.807, 2.05) is 19.2 Å². The summed E-state index contributed by atoms with van der Waals surface area (Å²) in [6.45, 7) is 0.957. The Morgan fingerprint density at radius 2 is 1.52 bits per heavy atom. The van der Waals surface area contributed by atoms with Crippen LogP contribution in [0.15, 0.2) is 48.5 Å². The normalized spacial score (nSPS) is 12.0. The Hall–Kier alpha value is -2.00. The molecule has 0 saturated heterocycles. The molecular weight excluding hydrogens is 262 g/mol. The van der Waals surface area contributed by atoms with Gasteiger partial charge >= 0.3 is 0 Å². The maximum Gasteiger partial charge on any atom is 0.122 e. The molecule has 2 aromatic rings. The second kappa shape index (κ2) is 7.70. The number of benzene rings is 2. The van der Waals surface area contributed by atoms with E-state index in [4.69, 9.17) is 9.47 Å². The molecule has 0 aliphatic carbocycles. The fourth-order valence-electron chi connectivity index (χ4n) is 2.53. The van der Waals surface area contributed by atoms with Crippen LogP contribution in [0, 0.1) is 0 Å². The Kier molecular flexibility index (Phi) is 5.64. The lowest BCUT2D eigenvalue weighted by Gasteiger charge is -2.19. The molecule has 0 fully saturated rings.